The highest BCUT2D eigenvalue weighted by atomic mass is 16.5. The number of aromatic nitrogens is 2. The van der Waals surface area contributed by atoms with Gasteiger partial charge in [0, 0.05) is 18.7 Å². The predicted molar refractivity (Wildman–Crippen MR) is 80.7 cm³/mol. The van der Waals surface area contributed by atoms with Crippen LogP contribution < -0.4 is 10.5 Å². The molecule has 1 aromatic heterocycles. The zero-order chi connectivity index (χ0) is 14.7. The van der Waals surface area contributed by atoms with Crippen LogP contribution >= 0.6 is 0 Å². The number of ether oxygens (including phenoxy) is 1. The van der Waals surface area contributed by atoms with Crippen LogP contribution in [-0.2, 0) is 20.1 Å². The fraction of sp³-hybridized carbons (Fsp3) is 0.438. The second kappa shape index (κ2) is 6.09. The third-order valence-corrected chi connectivity index (χ3v) is 3.42. The number of benzene rings is 1. The van der Waals surface area contributed by atoms with Crippen molar-refractivity contribution in [1.29, 1.82) is 0 Å². The first-order valence-corrected chi connectivity index (χ1v) is 7.02. The fourth-order valence-corrected chi connectivity index (χ4v) is 2.19. The molecule has 1 aromatic carbocycles. The molecule has 2 rings (SSSR count). The average Bonchev–Trinajstić information content (AvgIpc) is 2.78. The molecule has 0 bridgehead atoms. The zero-order valence-corrected chi connectivity index (χ0v) is 12.7. The maximum absolute atomic E-state index is 6.01. The van der Waals surface area contributed by atoms with Crippen LogP contribution in [0.4, 0.5) is 0 Å². The van der Waals surface area contributed by atoms with E-state index in [0.29, 0.717) is 6.61 Å². The largest absolute Gasteiger partial charge is 0.487 e. The minimum atomic E-state index is -0.0392. The Hall–Kier alpha value is -1.81. The van der Waals surface area contributed by atoms with Gasteiger partial charge in [0.1, 0.15) is 12.4 Å². The first kappa shape index (κ1) is 14.6. The zero-order valence-electron chi connectivity index (χ0n) is 12.7. The van der Waals surface area contributed by atoms with Gasteiger partial charge in [0.25, 0.3) is 0 Å². The van der Waals surface area contributed by atoms with Gasteiger partial charge >= 0.3 is 0 Å². The van der Waals surface area contributed by atoms with E-state index in [1.807, 2.05) is 30.8 Å². The molecule has 0 radical (unpaired) electrons. The molecule has 0 aliphatic heterocycles. The molecule has 0 saturated carbocycles. The van der Waals surface area contributed by atoms with Gasteiger partial charge in [-0.05, 0) is 32.4 Å². The lowest BCUT2D eigenvalue weighted by Crippen LogP contribution is -2.09. The summed E-state index contributed by atoms with van der Waals surface area (Å²) in [5.74, 6) is 0.852. The quantitative estimate of drug-likeness (QED) is 0.911. The lowest BCUT2D eigenvalue weighted by molar-refractivity contribution is 0.290. The molecule has 2 N–H and O–H groups in total. The Labute approximate surface area is 120 Å². The summed E-state index contributed by atoms with van der Waals surface area (Å²) in [6, 6.07) is 8.16. The molecule has 0 spiro atoms. The summed E-state index contributed by atoms with van der Waals surface area (Å²) in [6.07, 6.45) is 0.934. The topological polar surface area (TPSA) is 53.1 Å². The number of rotatable bonds is 5. The lowest BCUT2D eigenvalue weighted by atomic mass is 10.1. The van der Waals surface area contributed by atoms with E-state index in [0.717, 1.165) is 29.1 Å². The summed E-state index contributed by atoms with van der Waals surface area (Å²) in [4.78, 5) is 0. The maximum Gasteiger partial charge on any atom is 0.130 e. The van der Waals surface area contributed by atoms with Crippen LogP contribution in [0, 0.1) is 6.92 Å². The van der Waals surface area contributed by atoms with E-state index in [4.69, 9.17) is 10.5 Å². The van der Waals surface area contributed by atoms with Crippen LogP contribution in [0.2, 0.25) is 0 Å². The molecule has 4 nitrogen and oxygen atoms in total. The Balaban J connectivity index is 2.16. The van der Waals surface area contributed by atoms with Crippen LogP contribution in [0.25, 0.3) is 0 Å². The predicted octanol–water partition coefficient (Wildman–Crippen LogP) is 2.89. The molecule has 1 atom stereocenters. The van der Waals surface area contributed by atoms with Gasteiger partial charge < -0.3 is 10.5 Å². The Morgan fingerprint density at radius 3 is 2.70 bits per heavy atom. The number of nitrogens with two attached hydrogens (primary N) is 1. The summed E-state index contributed by atoms with van der Waals surface area (Å²) >= 11 is 0. The number of aryl methyl sites for hydroxylation is 3. The van der Waals surface area contributed by atoms with Gasteiger partial charge in [-0.15, -0.1) is 0 Å². The van der Waals surface area contributed by atoms with Crippen LogP contribution in [0.3, 0.4) is 0 Å². The average molecular weight is 273 g/mol. The molecule has 0 saturated heterocycles. The summed E-state index contributed by atoms with van der Waals surface area (Å²) in [7, 11) is 1.94. The van der Waals surface area contributed by atoms with E-state index in [1.165, 1.54) is 5.56 Å². The Morgan fingerprint density at radius 1 is 1.35 bits per heavy atom. The first-order valence-electron chi connectivity index (χ1n) is 7.02. The molecule has 2 aromatic rings. The van der Waals surface area contributed by atoms with Gasteiger partial charge in [0.15, 0.2) is 0 Å². The molecule has 1 heterocycles. The van der Waals surface area contributed by atoms with Crippen LogP contribution in [0.1, 0.15) is 42.4 Å². The second-order valence-corrected chi connectivity index (χ2v) is 5.22. The summed E-state index contributed by atoms with van der Waals surface area (Å²) in [5, 5.41) is 4.43. The molecular weight excluding hydrogens is 250 g/mol. The van der Waals surface area contributed by atoms with Crippen molar-refractivity contribution in [3.05, 3.63) is 46.8 Å². The van der Waals surface area contributed by atoms with Gasteiger partial charge in [-0.3, -0.25) is 4.68 Å². The third kappa shape index (κ3) is 3.20. The van der Waals surface area contributed by atoms with Gasteiger partial charge in [0.05, 0.1) is 11.4 Å². The monoisotopic (exact) mass is 273 g/mol. The highest BCUT2D eigenvalue weighted by Gasteiger charge is 2.10. The van der Waals surface area contributed by atoms with E-state index in [9.17, 15) is 0 Å². The molecule has 0 unspecified atom stereocenters. The van der Waals surface area contributed by atoms with Crippen LogP contribution in [0.15, 0.2) is 24.3 Å². The van der Waals surface area contributed by atoms with Crippen molar-refractivity contribution in [3.8, 4) is 5.75 Å². The Morgan fingerprint density at radius 2 is 2.10 bits per heavy atom. The standard InChI is InChI=1S/C16H23N3O/c1-5-13-9-14(19(4)18-13)10-20-16-7-6-11(2)8-15(16)12(3)17/h6-9,12H,5,10,17H2,1-4H3/t12-/m0/s1. The Bertz CT molecular complexity index is 587. The van der Waals surface area contributed by atoms with Crippen molar-refractivity contribution < 1.29 is 4.74 Å². The van der Waals surface area contributed by atoms with Crippen molar-refractivity contribution in [2.75, 3.05) is 0 Å². The molecule has 20 heavy (non-hydrogen) atoms. The van der Waals surface area contributed by atoms with E-state index in [2.05, 4.69) is 31.1 Å². The first-order chi connectivity index (χ1) is 9.51. The highest BCUT2D eigenvalue weighted by molar-refractivity contribution is 5.38. The number of hydrogen-bond acceptors (Lipinski definition) is 3. The van der Waals surface area contributed by atoms with Crippen molar-refractivity contribution in [2.45, 2.75) is 39.8 Å². The number of nitrogens with zero attached hydrogens (tertiary/aromatic N) is 2. The molecule has 0 aliphatic carbocycles. The third-order valence-electron chi connectivity index (χ3n) is 3.42. The molecule has 0 aliphatic rings. The normalized spacial score (nSPS) is 12.4. The van der Waals surface area contributed by atoms with Crippen molar-refractivity contribution in [1.82, 2.24) is 9.78 Å². The van der Waals surface area contributed by atoms with Gasteiger partial charge in [-0.25, -0.2) is 0 Å². The van der Waals surface area contributed by atoms with Crippen molar-refractivity contribution >= 4 is 0 Å². The van der Waals surface area contributed by atoms with Gasteiger partial charge in [-0.1, -0.05) is 24.6 Å². The maximum atomic E-state index is 6.01. The summed E-state index contributed by atoms with van der Waals surface area (Å²) < 4.78 is 7.81. The smallest absolute Gasteiger partial charge is 0.130 e. The van der Waals surface area contributed by atoms with Crippen molar-refractivity contribution in [3.63, 3.8) is 0 Å². The SMILES string of the molecule is CCc1cc(COc2ccc(C)cc2[C@H](C)N)n(C)n1. The lowest BCUT2D eigenvalue weighted by Gasteiger charge is -2.14. The highest BCUT2D eigenvalue weighted by Crippen LogP contribution is 2.25. The Kier molecular flexibility index (Phi) is 4.45. The molecule has 0 fully saturated rings. The summed E-state index contributed by atoms with van der Waals surface area (Å²) in [5.41, 5.74) is 10.4. The van der Waals surface area contributed by atoms with E-state index >= 15 is 0 Å². The minimum absolute atomic E-state index is 0.0392. The molecule has 4 heteroatoms. The van der Waals surface area contributed by atoms with E-state index in [-0.39, 0.29) is 6.04 Å². The molecular formula is C16H23N3O. The van der Waals surface area contributed by atoms with Gasteiger partial charge in [0.2, 0.25) is 0 Å². The van der Waals surface area contributed by atoms with Crippen molar-refractivity contribution in [2.24, 2.45) is 12.8 Å². The summed E-state index contributed by atoms with van der Waals surface area (Å²) in [6.45, 7) is 6.64. The number of hydrogen-bond donors (Lipinski definition) is 1. The van der Waals surface area contributed by atoms with Gasteiger partial charge in [-0.2, -0.15) is 5.10 Å². The van der Waals surface area contributed by atoms with Crippen LogP contribution in [0.5, 0.6) is 5.75 Å². The minimum Gasteiger partial charge on any atom is -0.487 e. The van der Waals surface area contributed by atoms with Crippen LogP contribution in [-0.4, -0.2) is 9.78 Å². The fourth-order valence-electron chi connectivity index (χ4n) is 2.19. The van der Waals surface area contributed by atoms with E-state index in [1.54, 1.807) is 0 Å². The molecule has 108 valence electrons. The molecule has 0 amide bonds. The van der Waals surface area contributed by atoms with E-state index < -0.39 is 0 Å². The second-order valence-electron chi connectivity index (χ2n) is 5.22.